The Kier molecular flexibility index (Phi) is 4.43. The summed E-state index contributed by atoms with van der Waals surface area (Å²) >= 11 is 5.54. The molecule has 0 aromatic heterocycles. The topological polar surface area (TPSA) is 69.6 Å². The first-order chi connectivity index (χ1) is 7.56. The Balaban J connectivity index is 2.80. The fourth-order valence-electron chi connectivity index (χ4n) is 1.29. The smallest absolute Gasteiger partial charge is 0.259 e. The van der Waals surface area contributed by atoms with Crippen molar-refractivity contribution < 1.29 is 15.0 Å². The molecule has 0 aliphatic rings. The number of carbonyl (C=O) groups excluding carboxylic acids is 1. The number of benzene rings is 1. The first-order valence-electron chi connectivity index (χ1n) is 4.94. The number of halogens is 1. The molecule has 88 valence electrons. The van der Waals surface area contributed by atoms with Gasteiger partial charge in [-0.15, -0.1) is 11.6 Å². The molecule has 0 radical (unpaired) electrons. The second-order valence-corrected chi connectivity index (χ2v) is 3.90. The molecule has 0 bridgehead atoms. The average Bonchev–Trinajstić information content (AvgIpc) is 2.17. The molecule has 1 aromatic carbocycles. The Labute approximate surface area is 98.9 Å². The molecule has 0 aliphatic heterocycles. The molecule has 0 spiro atoms. The molecule has 0 aliphatic carbocycles. The van der Waals surface area contributed by atoms with Crippen LogP contribution in [0.1, 0.15) is 23.7 Å². The number of phenols is 2. The Hall–Kier alpha value is -1.42. The van der Waals surface area contributed by atoms with E-state index in [1.807, 2.05) is 0 Å². The van der Waals surface area contributed by atoms with Crippen molar-refractivity contribution in [2.45, 2.75) is 19.4 Å². The maximum Gasteiger partial charge on any atom is 0.259 e. The van der Waals surface area contributed by atoms with E-state index < -0.39 is 5.91 Å². The molecule has 0 saturated carbocycles. The molecule has 3 N–H and O–H groups in total. The van der Waals surface area contributed by atoms with E-state index in [0.29, 0.717) is 12.3 Å². The SMILES string of the molecule is CC(CCCl)NC(=O)c1c(O)cccc1O. The van der Waals surface area contributed by atoms with Gasteiger partial charge in [-0.2, -0.15) is 0 Å². The van der Waals surface area contributed by atoms with E-state index in [1.54, 1.807) is 6.92 Å². The monoisotopic (exact) mass is 243 g/mol. The Morgan fingerprint density at radius 3 is 2.50 bits per heavy atom. The van der Waals surface area contributed by atoms with Gasteiger partial charge in [-0.1, -0.05) is 6.07 Å². The minimum absolute atomic E-state index is 0.107. The number of aromatic hydroxyl groups is 2. The van der Waals surface area contributed by atoms with Crippen LogP contribution in [0, 0.1) is 0 Å². The number of nitrogens with one attached hydrogen (secondary N) is 1. The van der Waals surface area contributed by atoms with Crippen molar-refractivity contribution in [2.75, 3.05) is 5.88 Å². The molecule has 4 nitrogen and oxygen atoms in total. The van der Waals surface area contributed by atoms with Crippen molar-refractivity contribution in [3.63, 3.8) is 0 Å². The zero-order chi connectivity index (χ0) is 12.1. The van der Waals surface area contributed by atoms with E-state index in [-0.39, 0.29) is 23.1 Å². The lowest BCUT2D eigenvalue weighted by Gasteiger charge is -2.13. The largest absolute Gasteiger partial charge is 0.507 e. The van der Waals surface area contributed by atoms with Crippen LogP contribution in [0.5, 0.6) is 11.5 Å². The second-order valence-electron chi connectivity index (χ2n) is 3.52. The van der Waals surface area contributed by atoms with E-state index in [4.69, 9.17) is 11.6 Å². The lowest BCUT2D eigenvalue weighted by atomic mass is 10.1. The number of alkyl halides is 1. The summed E-state index contributed by atoms with van der Waals surface area (Å²) in [6.45, 7) is 1.80. The summed E-state index contributed by atoms with van der Waals surface area (Å²) in [5.74, 6) is -0.548. The molecule has 1 amide bonds. The Morgan fingerprint density at radius 1 is 1.44 bits per heavy atom. The van der Waals surface area contributed by atoms with E-state index in [2.05, 4.69) is 5.32 Å². The summed E-state index contributed by atoms with van der Waals surface area (Å²) < 4.78 is 0. The number of hydrogen-bond donors (Lipinski definition) is 3. The predicted molar refractivity (Wildman–Crippen MR) is 62.0 cm³/mol. The van der Waals surface area contributed by atoms with Gasteiger partial charge in [-0.3, -0.25) is 4.79 Å². The van der Waals surface area contributed by atoms with Crippen LogP contribution in [0.15, 0.2) is 18.2 Å². The quantitative estimate of drug-likeness (QED) is 0.707. The standard InChI is InChI=1S/C11H14ClNO3/c1-7(5-6-12)13-11(16)10-8(14)3-2-4-9(10)15/h2-4,7,14-15H,5-6H2,1H3,(H,13,16). The fraction of sp³-hybridized carbons (Fsp3) is 0.364. The van der Waals surface area contributed by atoms with E-state index in [0.717, 1.165) is 0 Å². The third-order valence-electron chi connectivity index (χ3n) is 2.17. The highest BCUT2D eigenvalue weighted by molar-refractivity contribution is 6.17. The Morgan fingerprint density at radius 2 is 2.00 bits per heavy atom. The first-order valence-corrected chi connectivity index (χ1v) is 5.47. The third-order valence-corrected chi connectivity index (χ3v) is 2.39. The number of amides is 1. The minimum Gasteiger partial charge on any atom is -0.507 e. The van der Waals surface area contributed by atoms with Crippen molar-refractivity contribution in [1.82, 2.24) is 5.32 Å². The molecule has 0 saturated heterocycles. The van der Waals surface area contributed by atoms with Crippen molar-refractivity contribution in [3.8, 4) is 11.5 Å². The number of rotatable bonds is 4. The van der Waals surface area contributed by atoms with Gasteiger partial charge in [0.15, 0.2) is 0 Å². The van der Waals surface area contributed by atoms with Crippen LogP contribution in [0.25, 0.3) is 0 Å². The van der Waals surface area contributed by atoms with Crippen LogP contribution in [-0.2, 0) is 0 Å². The van der Waals surface area contributed by atoms with E-state index in [1.165, 1.54) is 18.2 Å². The molecule has 1 unspecified atom stereocenters. The zero-order valence-electron chi connectivity index (χ0n) is 8.90. The first kappa shape index (κ1) is 12.6. The average molecular weight is 244 g/mol. The van der Waals surface area contributed by atoms with Gasteiger partial charge >= 0.3 is 0 Å². The predicted octanol–water partition coefficient (Wildman–Crippen LogP) is 1.85. The van der Waals surface area contributed by atoms with Crippen LogP contribution < -0.4 is 5.32 Å². The van der Waals surface area contributed by atoms with Gasteiger partial charge in [0.1, 0.15) is 17.1 Å². The summed E-state index contributed by atoms with van der Waals surface area (Å²) in [4.78, 5) is 11.7. The minimum atomic E-state index is -0.506. The fourth-order valence-corrected chi connectivity index (χ4v) is 1.62. The molecule has 1 aromatic rings. The van der Waals surface area contributed by atoms with Crippen molar-refractivity contribution in [2.24, 2.45) is 0 Å². The number of carbonyl (C=O) groups is 1. The van der Waals surface area contributed by atoms with E-state index >= 15 is 0 Å². The van der Waals surface area contributed by atoms with Gasteiger partial charge in [-0.05, 0) is 25.5 Å². The van der Waals surface area contributed by atoms with Gasteiger partial charge in [0.25, 0.3) is 5.91 Å². The molecule has 5 heteroatoms. The van der Waals surface area contributed by atoms with Gasteiger partial charge in [0, 0.05) is 11.9 Å². The highest BCUT2D eigenvalue weighted by Gasteiger charge is 2.17. The maximum atomic E-state index is 11.7. The van der Waals surface area contributed by atoms with Crippen molar-refractivity contribution >= 4 is 17.5 Å². The molecule has 1 rings (SSSR count). The lowest BCUT2D eigenvalue weighted by molar-refractivity contribution is 0.0934. The summed E-state index contributed by atoms with van der Waals surface area (Å²) in [5, 5.41) is 21.6. The highest BCUT2D eigenvalue weighted by Crippen LogP contribution is 2.25. The maximum absolute atomic E-state index is 11.7. The molecule has 0 fully saturated rings. The lowest BCUT2D eigenvalue weighted by Crippen LogP contribution is -2.32. The van der Waals surface area contributed by atoms with E-state index in [9.17, 15) is 15.0 Å². The number of phenolic OH excluding ortho intramolecular Hbond substituents is 2. The third kappa shape index (κ3) is 3.03. The van der Waals surface area contributed by atoms with Gasteiger partial charge in [0.2, 0.25) is 0 Å². The molecule has 16 heavy (non-hydrogen) atoms. The van der Waals surface area contributed by atoms with Crippen LogP contribution in [0.3, 0.4) is 0 Å². The van der Waals surface area contributed by atoms with Crippen LogP contribution in [0.2, 0.25) is 0 Å². The Bertz CT molecular complexity index is 361. The van der Waals surface area contributed by atoms with Crippen molar-refractivity contribution in [3.05, 3.63) is 23.8 Å². The van der Waals surface area contributed by atoms with Crippen LogP contribution in [0.4, 0.5) is 0 Å². The number of hydrogen-bond acceptors (Lipinski definition) is 3. The summed E-state index contributed by atoms with van der Waals surface area (Å²) in [6.07, 6.45) is 0.627. The van der Waals surface area contributed by atoms with Crippen LogP contribution in [-0.4, -0.2) is 28.0 Å². The molecule has 1 atom stereocenters. The van der Waals surface area contributed by atoms with Crippen molar-refractivity contribution in [1.29, 1.82) is 0 Å². The summed E-state index contributed by atoms with van der Waals surface area (Å²) in [7, 11) is 0. The summed E-state index contributed by atoms with van der Waals surface area (Å²) in [5.41, 5.74) is -0.107. The van der Waals surface area contributed by atoms with Gasteiger partial charge in [-0.25, -0.2) is 0 Å². The molecular weight excluding hydrogens is 230 g/mol. The normalized spacial score (nSPS) is 12.1. The highest BCUT2D eigenvalue weighted by atomic mass is 35.5. The van der Waals surface area contributed by atoms with Gasteiger partial charge in [0.05, 0.1) is 0 Å². The zero-order valence-corrected chi connectivity index (χ0v) is 9.66. The van der Waals surface area contributed by atoms with Crippen LogP contribution >= 0.6 is 11.6 Å². The molecule has 0 heterocycles. The second kappa shape index (κ2) is 5.61. The van der Waals surface area contributed by atoms with Gasteiger partial charge < -0.3 is 15.5 Å². The summed E-state index contributed by atoms with van der Waals surface area (Å²) in [6, 6.07) is 4.05. The molecular formula is C11H14ClNO3.